The molecule has 2 aliphatic heterocycles. The van der Waals surface area contributed by atoms with Crippen molar-refractivity contribution in [1.82, 2.24) is 19.9 Å². The summed E-state index contributed by atoms with van der Waals surface area (Å²) in [6, 6.07) is 61.4. The fraction of sp³-hybridized carbons (Fsp3) is 0.250. The first kappa shape index (κ1) is 90.4. The van der Waals surface area contributed by atoms with Crippen LogP contribution in [0.3, 0.4) is 0 Å². The topological polar surface area (TPSA) is 83.2 Å². The number of hydrogen-bond donors (Lipinski definition) is 0. The van der Waals surface area contributed by atoms with Crippen molar-refractivity contribution in [2.24, 2.45) is 11.8 Å². The fourth-order valence-corrected chi connectivity index (χ4v) is 13.1. The predicted octanol–water partition coefficient (Wildman–Crippen LogP) is 25.7. The molecule has 6 aromatic heterocycles. The van der Waals surface area contributed by atoms with Crippen molar-refractivity contribution in [3.8, 4) is 0 Å². The van der Waals surface area contributed by atoms with E-state index < -0.39 is 0 Å². The van der Waals surface area contributed by atoms with Gasteiger partial charge in [0.25, 0.3) is 0 Å². The summed E-state index contributed by atoms with van der Waals surface area (Å²) in [5, 5.41) is 10.4. The molecule has 0 saturated heterocycles. The number of aromatic nitrogens is 4. The van der Waals surface area contributed by atoms with Crippen molar-refractivity contribution in [3.05, 3.63) is 366 Å². The maximum atomic E-state index is 5.45. The van der Waals surface area contributed by atoms with Crippen molar-refractivity contribution >= 4 is 65.5 Å². The number of rotatable bonds is 0. The monoisotopic (exact) mass is 1660 g/mol. The molecule has 0 fully saturated rings. The molecule has 0 bridgehead atoms. The summed E-state index contributed by atoms with van der Waals surface area (Å²) < 4.78 is 15.9. The van der Waals surface area contributed by atoms with E-state index in [0.29, 0.717) is 24.0 Å². The molecular weight excluding hydrogens is 1560 g/mol. The molecule has 0 saturated carbocycles. The zero-order valence-corrected chi connectivity index (χ0v) is 75.8. The summed E-state index contributed by atoms with van der Waals surface area (Å²) in [6.07, 6.45) is 28.3. The molecule has 7 nitrogen and oxygen atoms in total. The Morgan fingerprint density at radius 2 is 0.710 bits per heavy atom. The number of ether oxygens (including phenoxy) is 2. The maximum absolute atomic E-state index is 5.45. The second-order valence-corrected chi connectivity index (χ2v) is 28.8. The Morgan fingerprint density at radius 3 is 1.01 bits per heavy atom. The van der Waals surface area contributed by atoms with E-state index in [-0.39, 0.29) is 98.1 Å². The van der Waals surface area contributed by atoms with E-state index in [0.717, 1.165) is 22.6 Å². The van der Waals surface area contributed by atoms with Gasteiger partial charge in [0, 0.05) is 169 Å². The zero-order chi connectivity index (χ0) is 75.0. The average molecular weight is 1660 g/mol. The number of fused-ring (bicyclic) bond motifs is 7. The molecule has 13 aromatic rings. The minimum absolute atomic E-state index is 0. The predicted molar refractivity (Wildman–Crippen MR) is 443 cm³/mol. The van der Waals surface area contributed by atoms with E-state index in [1.54, 1.807) is 11.3 Å². The van der Waals surface area contributed by atoms with Gasteiger partial charge in [0.1, 0.15) is 12.2 Å². The molecule has 107 heavy (non-hydrogen) atoms. The number of furan rings is 1. The van der Waals surface area contributed by atoms with Crippen molar-refractivity contribution < 1.29 is 112 Å². The Balaban J connectivity index is 0.000000214. The third-order valence-corrected chi connectivity index (χ3v) is 19.7. The Labute approximate surface area is 718 Å². The van der Waals surface area contributed by atoms with E-state index >= 15 is 0 Å². The summed E-state index contributed by atoms with van der Waals surface area (Å²) >= 11 is 1.79. The third kappa shape index (κ3) is 26.5. The first-order valence-corrected chi connectivity index (χ1v) is 36.6. The van der Waals surface area contributed by atoms with Gasteiger partial charge < -0.3 is 13.9 Å². The molecule has 17 rings (SSSR count). The van der Waals surface area contributed by atoms with Gasteiger partial charge in [0.15, 0.2) is 0 Å². The normalized spacial score (nSPS) is 14.8. The standard InChI is InChI=1S/C12H12.4C11H11N.2C10H12O.C8H9.C6H7O.C6H7S.3Y/c1-9-7-8-10(2)12-6-4-3-5-11(9)12;2*1-8-3-4-9(2)11-7-12-6-5-10(8)11;2*1-8-5-6-9(2)11-10(8)4-3-7-12-11;2*1-7-3-4-8(2)10-9(7)5-6-11-10;1-7-3-5-8(2)6-4-7;2*1-5-3-4-6(2)7-5;;;/h3-8H,1-2H3;4*3-7H,1-2H3;2*3-6,9-10H,1-2H3;3-5H,1-2H3;2*3H,1-2H3;;;/q;;;;;;;3*-1;;;. The molecule has 4 unspecified atom stereocenters. The molecule has 11 heteroatoms. The Bertz CT molecular complexity index is 4380. The van der Waals surface area contributed by atoms with Gasteiger partial charge in [-0.25, -0.2) is 18.2 Å². The quantitative estimate of drug-likeness (QED) is 0.140. The largest absolute Gasteiger partial charge is 0.571 e. The van der Waals surface area contributed by atoms with Gasteiger partial charge >= 0.3 is 0 Å². The van der Waals surface area contributed by atoms with Gasteiger partial charge in [-0.1, -0.05) is 166 Å². The number of pyridine rings is 4. The van der Waals surface area contributed by atoms with Gasteiger partial charge in [-0.2, -0.15) is 41.5 Å². The fourth-order valence-electron chi connectivity index (χ4n) is 12.4. The Hall–Kier alpha value is -7.23. The smallest absolute Gasteiger partial charge is 0.129 e. The molecular formula is C96H103N4O3SY3-3. The molecule has 2 aliphatic carbocycles. The van der Waals surface area contributed by atoms with Crippen LogP contribution in [0.2, 0.25) is 0 Å². The Kier molecular flexibility index (Phi) is 38.1. The van der Waals surface area contributed by atoms with Gasteiger partial charge in [-0.15, -0.1) is 9.75 Å². The number of thiophene rings is 1. The van der Waals surface area contributed by atoms with Crippen molar-refractivity contribution in [3.63, 3.8) is 0 Å². The third-order valence-electron chi connectivity index (χ3n) is 18.8. The van der Waals surface area contributed by atoms with Crippen LogP contribution in [-0.4, -0.2) is 32.1 Å². The van der Waals surface area contributed by atoms with E-state index in [4.69, 9.17) is 13.9 Å². The summed E-state index contributed by atoms with van der Waals surface area (Å²) in [5.41, 5.74) is 23.2. The molecule has 0 N–H and O–H groups in total. The summed E-state index contributed by atoms with van der Waals surface area (Å²) in [7, 11) is 0. The van der Waals surface area contributed by atoms with Crippen LogP contribution in [0.5, 0.6) is 0 Å². The van der Waals surface area contributed by atoms with E-state index in [9.17, 15) is 0 Å². The molecule has 543 valence electrons. The number of aryl methyl sites for hydroxylation is 16. The van der Waals surface area contributed by atoms with E-state index in [1.807, 2.05) is 101 Å². The van der Waals surface area contributed by atoms with Gasteiger partial charge in [-0.3, -0.25) is 31.3 Å². The summed E-state index contributed by atoms with van der Waals surface area (Å²) in [4.78, 5) is 19.5. The average Bonchev–Trinajstić information content (AvgIpc) is 0.950. The van der Waals surface area contributed by atoms with Crippen molar-refractivity contribution in [1.29, 1.82) is 0 Å². The molecule has 7 aromatic carbocycles. The molecule has 3 radical (unpaired) electrons. The van der Waals surface area contributed by atoms with Crippen LogP contribution in [0.1, 0.15) is 116 Å². The van der Waals surface area contributed by atoms with Gasteiger partial charge in [0.05, 0.1) is 23.6 Å². The first-order chi connectivity index (χ1) is 49.9. The van der Waals surface area contributed by atoms with Crippen LogP contribution in [0, 0.1) is 141 Å². The maximum Gasteiger partial charge on any atom is 0.129 e. The van der Waals surface area contributed by atoms with Crippen LogP contribution in [-0.2, 0) is 108 Å². The molecule has 8 heterocycles. The molecule has 4 atom stereocenters. The van der Waals surface area contributed by atoms with Crippen molar-refractivity contribution in [2.45, 2.75) is 151 Å². The van der Waals surface area contributed by atoms with Crippen LogP contribution < -0.4 is 0 Å². The minimum Gasteiger partial charge on any atom is -0.571 e. The molecule has 0 spiro atoms. The van der Waals surface area contributed by atoms with Gasteiger partial charge in [0.2, 0.25) is 0 Å². The van der Waals surface area contributed by atoms with Crippen LogP contribution >= 0.6 is 11.3 Å². The van der Waals surface area contributed by atoms with Crippen LogP contribution in [0.25, 0.3) is 54.1 Å². The van der Waals surface area contributed by atoms with Gasteiger partial charge in [-0.05, 0) is 241 Å². The summed E-state index contributed by atoms with van der Waals surface area (Å²) in [6.45, 7) is 41.8. The first-order valence-electron chi connectivity index (χ1n) is 35.7. The van der Waals surface area contributed by atoms with Crippen LogP contribution in [0.15, 0.2) is 265 Å². The minimum atomic E-state index is 0. The summed E-state index contributed by atoms with van der Waals surface area (Å²) in [5.74, 6) is 2.79. The van der Waals surface area contributed by atoms with Crippen LogP contribution in [0.4, 0.5) is 0 Å². The van der Waals surface area contributed by atoms with E-state index in [1.165, 1.54) is 142 Å². The van der Waals surface area contributed by atoms with E-state index in [2.05, 4.69) is 314 Å². The second kappa shape index (κ2) is 45.0. The number of hydrogen-bond acceptors (Lipinski definition) is 8. The number of nitrogens with zero attached hydrogens (tertiary/aromatic N) is 4. The number of benzene rings is 7. The Morgan fingerprint density at radius 1 is 0.336 bits per heavy atom. The SMILES string of the molecule is CC1=CC=C(C)C2OC=CC12.CC1=CC=C(C)C2OC=CC12.Cc1[c-]cc(C)cc1.Cc1[c-]cc(C)o1.Cc1[c-]cc(C)s1.Cc1ccc(C)c2ccccc12.Cc1ccc(C)c2cnccc12.Cc1ccc(C)c2cnccc12.Cc1ccc(C)c2ncccc12.Cc1ccc(C)c2ncccc12.[Y].[Y].[Y]. The van der Waals surface area contributed by atoms with Crippen molar-refractivity contribution in [2.75, 3.05) is 0 Å². The zero-order valence-electron chi connectivity index (χ0n) is 66.5. The molecule has 4 aliphatic rings. The number of allylic oxidation sites excluding steroid dienone is 4. The second-order valence-electron chi connectivity index (χ2n) is 27.3. The molecule has 0 amide bonds.